The molecule has 1 N–H and O–H groups in total. The third kappa shape index (κ3) is 4.48. The van der Waals surface area contributed by atoms with Crippen LogP contribution in [0.3, 0.4) is 0 Å². The summed E-state index contributed by atoms with van der Waals surface area (Å²) in [5.41, 5.74) is 0.691. The van der Waals surface area contributed by atoms with Gasteiger partial charge in [-0.2, -0.15) is 13.2 Å². The van der Waals surface area contributed by atoms with Crippen LogP contribution < -0.4 is 14.8 Å². The molecule has 0 radical (unpaired) electrons. The summed E-state index contributed by atoms with van der Waals surface area (Å²) in [6.07, 6.45) is -2.98. The van der Waals surface area contributed by atoms with Gasteiger partial charge >= 0.3 is 6.18 Å². The number of pyridine rings is 1. The van der Waals surface area contributed by atoms with Crippen LogP contribution in [-0.2, 0) is 6.18 Å². The Balaban J connectivity index is 1.81. The van der Waals surface area contributed by atoms with Crippen LogP contribution >= 0.6 is 0 Å². The van der Waals surface area contributed by atoms with E-state index in [-0.39, 0.29) is 17.0 Å². The van der Waals surface area contributed by atoms with Gasteiger partial charge in [0.05, 0.1) is 19.8 Å². The average Bonchev–Trinajstić information content (AvgIpc) is 2.73. The van der Waals surface area contributed by atoms with Crippen LogP contribution in [0.2, 0.25) is 0 Å². The lowest BCUT2D eigenvalue weighted by Crippen LogP contribution is -2.14. The van der Waals surface area contributed by atoms with Gasteiger partial charge in [0, 0.05) is 23.0 Å². The lowest BCUT2D eigenvalue weighted by atomic mass is 10.1. The molecule has 3 aromatic rings. The number of benzene rings is 2. The fourth-order valence-corrected chi connectivity index (χ4v) is 2.76. The topological polar surface area (TPSA) is 60.5 Å². The van der Waals surface area contributed by atoms with Crippen molar-refractivity contribution in [2.24, 2.45) is 0 Å². The first kappa shape index (κ1) is 20.2. The molecule has 2 aromatic carbocycles. The molecular formula is C21H17F3N2O3. The Bertz CT molecular complexity index is 1020. The summed E-state index contributed by atoms with van der Waals surface area (Å²) >= 11 is 0. The van der Waals surface area contributed by atoms with Crippen LogP contribution in [0.5, 0.6) is 11.5 Å². The molecule has 3 rings (SSSR count). The number of aromatic nitrogens is 1. The number of methoxy groups -OCH3 is 2. The molecule has 0 unspecified atom stereocenters. The molecule has 0 aliphatic rings. The number of nitrogens with zero attached hydrogens (tertiary/aromatic N) is 1. The van der Waals surface area contributed by atoms with Crippen molar-refractivity contribution >= 4 is 11.6 Å². The van der Waals surface area contributed by atoms with E-state index < -0.39 is 17.6 Å². The van der Waals surface area contributed by atoms with Crippen molar-refractivity contribution in [1.29, 1.82) is 0 Å². The molecule has 8 heteroatoms. The molecule has 0 atom stereocenters. The smallest absolute Gasteiger partial charge is 0.420 e. The van der Waals surface area contributed by atoms with Gasteiger partial charge in [-0.1, -0.05) is 12.1 Å². The summed E-state index contributed by atoms with van der Waals surface area (Å²) in [6, 6.07) is 13.4. The van der Waals surface area contributed by atoms with E-state index >= 15 is 0 Å². The Morgan fingerprint density at radius 2 is 1.66 bits per heavy atom. The number of hydrogen-bond donors (Lipinski definition) is 1. The molecule has 1 heterocycles. The molecule has 0 fully saturated rings. The first-order valence-electron chi connectivity index (χ1n) is 8.49. The maximum absolute atomic E-state index is 13.1. The third-order valence-electron chi connectivity index (χ3n) is 4.17. The first-order chi connectivity index (χ1) is 13.8. The number of ether oxygens (including phenoxy) is 2. The molecule has 1 amide bonds. The number of hydrogen-bond acceptors (Lipinski definition) is 4. The van der Waals surface area contributed by atoms with Crippen molar-refractivity contribution in [2.45, 2.75) is 6.18 Å². The molecule has 1 aromatic heterocycles. The Labute approximate surface area is 165 Å². The second-order valence-corrected chi connectivity index (χ2v) is 6.00. The molecule has 150 valence electrons. The second kappa shape index (κ2) is 8.22. The van der Waals surface area contributed by atoms with Crippen molar-refractivity contribution in [3.8, 4) is 22.8 Å². The molecule has 0 saturated carbocycles. The largest absolute Gasteiger partial charge is 0.496 e. The van der Waals surface area contributed by atoms with Crippen LogP contribution in [0.25, 0.3) is 11.3 Å². The number of carbonyl (C=O) groups is 1. The Morgan fingerprint density at radius 3 is 2.28 bits per heavy atom. The highest BCUT2D eigenvalue weighted by molar-refractivity contribution is 6.04. The summed E-state index contributed by atoms with van der Waals surface area (Å²) in [5, 5.41) is 2.47. The van der Waals surface area contributed by atoms with Crippen molar-refractivity contribution in [3.63, 3.8) is 0 Å². The number of alkyl halides is 3. The normalized spacial score (nSPS) is 11.1. The predicted octanol–water partition coefficient (Wildman–Crippen LogP) is 5.04. The van der Waals surface area contributed by atoms with Gasteiger partial charge in [0.2, 0.25) is 0 Å². The fourth-order valence-electron chi connectivity index (χ4n) is 2.76. The van der Waals surface area contributed by atoms with E-state index in [2.05, 4.69) is 10.3 Å². The Kier molecular flexibility index (Phi) is 5.72. The number of carbonyl (C=O) groups excluding carboxylic acids is 1. The standard InChI is InChI=1S/C21H17F3N2O3/c1-28-17-10-9-15(12-16(17)21(22,23)24)26-20(27)14-7-5-13(6-8-14)19-18(29-2)4-3-11-25-19/h3-12H,1-2H3,(H,26,27). The number of anilines is 1. The van der Waals surface area contributed by atoms with E-state index in [1.54, 1.807) is 42.6 Å². The molecule has 0 saturated heterocycles. The first-order valence-corrected chi connectivity index (χ1v) is 8.49. The fraction of sp³-hybridized carbons (Fsp3) is 0.143. The second-order valence-electron chi connectivity index (χ2n) is 6.00. The SMILES string of the molecule is COc1ccc(NC(=O)c2ccc(-c3ncccc3OC)cc2)cc1C(F)(F)F. The quantitative estimate of drug-likeness (QED) is 0.650. The minimum atomic E-state index is -4.60. The molecule has 29 heavy (non-hydrogen) atoms. The van der Waals surface area contributed by atoms with Gasteiger partial charge in [-0.15, -0.1) is 0 Å². The highest BCUT2D eigenvalue weighted by Crippen LogP contribution is 2.37. The minimum absolute atomic E-state index is 0.0126. The Hall–Kier alpha value is -3.55. The van der Waals surface area contributed by atoms with Gasteiger partial charge in [0.1, 0.15) is 17.2 Å². The van der Waals surface area contributed by atoms with Crippen LogP contribution in [0.15, 0.2) is 60.8 Å². The zero-order valence-electron chi connectivity index (χ0n) is 15.6. The molecular weight excluding hydrogens is 385 g/mol. The molecule has 0 bridgehead atoms. The highest BCUT2D eigenvalue weighted by Gasteiger charge is 2.34. The molecule has 0 spiro atoms. The monoisotopic (exact) mass is 402 g/mol. The zero-order valence-corrected chi connectivity index (χ0v) is 15.6. The van der Waals surface area contributed by atoms with Gasteiger partial charge in [0.25, 0.3) is 5.91 Å². The maximum atomic E-state index is 13.1. The van der Waals surface area contributed by atoms with E-state index in [1.165, 1.54) is 13.2 Å². The molecule has 5 nitrogen and oxygen atoms in total. The van der Waals surface area contributed by atoms with Gasteiger partial charge in [-0.25, -0.2) is 0 Å². The molecule has 0 aliphatic heterocycles. The maximum Gasteiger partial charge on any atom is 0.420 e. The number of nitrogens with one attached hydrogen (secondary N) is 1. The van der Waals surface area contributed by atoms with Gasteiger partial charge in [-0.3, -0.25) is 9.78 Å². The third-order valence-corrected chi connectivity index (χ3v) is 4.17. The lowest BCUT2D eigenvalue weighted by molar-refractivity contribution is -0.138. The van der Waals surface area contributed by atoms with E-state index in [0.29, 0.717) is 11.4 Å². The van der Waals surface area contributed by atoms with E-state index in [4.69, 9.17) is 9.47 Å². The van der Waals surface area contributed by atoms with Gasteiger partial charge in [-0.05, 0) is 42.5 Å². The van der Waals surface area contributed by atoms with Crippen molar-refractivity contribution < 1.29 is 27.4 Å². The van der Waals surface area contributed by atoms with E-state index in [9.17, 15) is 18.0 Å². The number of amides is 1. The van der Waals surface area contributed by atoms with Crippen LogP contribution in [0.4, 0.5) is 18.9 Å². The van der Waals surface area contributed by atoms with E-state index in [1.807, 2.05) is 0 Å². The zero-order chi connectivity index (χ0) is 21.0. The van der Waals surface area contributed by atoms with Crippen molar-refractivity contribution in [3.05, 3.63) is 71.9 Å². The summed E-state index contributed by atoms with van der Waals surface area (Å²) in [5.74, 6) is -0.269. The Morgan fingerprint density at radius 1 is 0.966 bits per heavy atom. The summed E-state index contributed by atoms with van der Waals surface area (Å²) in [4.78, 5) is 16.7. The van der Waals surface area contributed by atoms with Crippen molar-refractivity contribution in [1.82, 2.24) is 4.98 Å². The highest BCUT2D eigenvalue weighted by atomic mass is 19.4. The number of rotatable bonds is 5. The van der Waals surface area contributed by atoms with Gasteiger partial charge in [0.15, 0.2) is 0 Å². The van der Waals surface area contributed by atoms with Crippen LogP contribution in [0, 0.1) is 0 Å². The average molecular weight is 402 g/mol. The lowest BCUT2D eigenvalue weighted by Gasteiger charge is -2.14. The van der Waals surface area contributed by atoms with Crippen LogP contribution in [-0.4, -0.2) is 25.1 Å². The predicted molar refractivity (Wildman–Crippen MR) is 102 cm³/mol. The summed E-state index contributed by atoms with van der Waals surface area (Å²) in [7, 11) is 2.69. The van der Waals surface area contributed by atoms with Crippen molar-refractivity contribution in [2.75, 3.05) is 19.5 Å². The summed E-state index contributed by atoms with van der Waals surface area (Å²) in [6.45, 7) is 0. The van der Waals surface area contributed by atoms with Crippen LogP contribution in [0.1, 0.15) is 15.9 Å². The van der Waals surface area contributed by atoms with Gasteiger partial charge < -0.3 is 14.8 Å². The summed E-state index contributed by atoms with van der Waals surface area (Å²) < 4.78 is 49.4. The van der Waals surface area contributed by atoms with E-state index in [0.717, 1.165) is 24.8 Å². The molecule has 0 aliphatic carbocycles. The number of halogens is 3. The minimum Gasteiger partial charge on any atom is -0.496 e.